The summed E-state index contributed by atoms with van der Waals surface area (Å²) in [5.74, 6) is -0.833. The highest BCUT2D eigenvalue weighted by Crippen LogP contribution is 2.45. The van der Waals surface area contributed by atoms with Crippen LogP contribution in [-0.2, 0) is 14.4 Å². The fourth-order valence-electron chi connectivity index (χ4n) is 3.25. The summed E-state index contributed by atoms with van der Waals surface area (Å²) in [5.41, 5.74) is 4.76. The zero-order valence-electron chi connectivity index (χ0n) is 11.6. The van der Waals surface area contributed by atoms with E-state index in [1.54, 1.807) is 0 Å². The van der Waals surface area contributed by atoms with Crippen molar-refractivity contribution >= 4 is 17.7 Å². The maximum atomic E-state index is 12.3. The van der Waals surface area contributed by atoms with Gasteiger partial charge in [-0.2, -0.15) is 0 Å². The van der Waals surface area contributed by atoms with Crippen molar-refractivity contribution in [2.75, 3.05) is 13.2 Å². The van der Waals surface area contributed by atoms with E-state index in [0.29, 0.717) is 19.4 Å². The van der Waals surface area contributed by atoms with E-state index in [9.17, 15) is 14.4 Å². The Balaban J connectivity index is 1.92. The van der Waals surface area contributed by atoms with Crippen LogP contribution in [-0.4, -0.2) is 53.0 Å². The lowest BCUT2D eigenvalue weighted by molar-refractivity contribution is -0.172. The third-order valence-corrected chi connectivity index (χ3v) is 4.42. The van der Waals surface area contributed by atoms with Crippen LogP contribution in [0.2, 0.25) is 0 Å². The first-order valence-electron chi connectivity index (χ1n) is 6.88. The number of nitrogens with two attached hydrogens (primary N) is 1. The van der Waals surface area contributed by atoms with E-state index in [1.165, 1.54) is 11.8 Å². The molecule has 20 heavy (non-hydrogen) atoms. The number of likely N-dealkylation sites (tertiary alicyclic amines) is 1. The molecule has 0 bridgehead atoms. The van der Waals surface area contributed by atoms with E-state index < -0.39 is 24.0 Å². The minimum Gasteiger partial charge on any atom is -0.394 e. The summed E-state index contributed by atoms with van der Waals surface area (Å²) in [6.45, 7) is 1.51. The van der Waals surface area contributed by atoms with Crippen LogP contribution in [0.1, 0.15) is 32.6 Å². The first-order chi connectivity index (χ1) is 9.39. The Morgan fingerprint density at radius 3 is 2.50 bits per heavy atom. The van der Waals surface area contributed by atoms with Crippen molar-refractivity contribution in [2.24, 2.45) is 11.1 Å². The number of amides is 3. The standard InChI is InChI=1S/C13H21N3O4/c1-8(18)15-9-2-4-13(5-3-9)7-16(12(13)20)10(6-17)11(14)19/h9-10,17H,2-7H2,1H3,(H2,14,19)(H,15,18). The Bertz CT molecular complexity index is 429. The number of carbonyl (C=O) groups excluding carboxylic acids is 3. The van der Waals surface area contributed by atoms with Gasteiger partial charge in [0.15, 0.2) is 0 Å². The Kier molecular flexibility index (Phi) is 3.99. The number of β-lactam (4-membered cyclic amide) rings is 1. The molecule has 1 aliphatic carbocycles. The highest BCUT2D eigenvalue weighted by atomic mass is 16.3. The molecule has 1 spiro atoms. The molecule has 7 nitrogen and oxygen atoms in total. The molecule has 4 N–H and O–H groups in total. The van der Waals surface area contributed by atoms with Gasteiger partial charge in [0.05, 0.1) is 12.0 Å². The maximum Gasteiger partial charge on any atom is 0.242 e. The lowest BCUT2D eigenvalue weighted by Gasteiger charge is -2.53. The average Bonchev–Trinajstić information content (AvgIpc) is 2.39. The van der Waals surface area contributed by atoms with Gasteiger partial charge >= 0.3 is 0 Å². The van der Waals surface area contributed by atoms with Gasteiger partial charge in [-0.25, -0.2) is 0 Å². The minimum absolute atomic E-state index is 0.0541. The summed E-state index contributed by atoms with van der Waals surface area (Å²) in [5, 5.41) is 12.0. The molecule has 0 aromatic carbocycles. The zero-order valence-corrected chi connectivity index (χ0v) is 11.6. The quantitative estimate of drug-likeness (QED) is 0.559. The SMILES string of the molecule is CC(=O)NC1CCC2(CC1)CN(C(CO)C(N)=O)C2=O. The van der Waals surface area contributed by atoms with Crippen molar-refractivity contribution in [3.05, 3.63) is 0 Å². The number of hydrogen-bond donors (Lipinski definition) is 3. The number of nitrogens with one attached hydrogen (secondary N) is 1. The molecular formula is C13H21N3O4. The van der Waals surface area contributed by atoms with Crippen LogP contribution < -0.4 is 11.1 Å². The molecule has 2 fully saturated rings. The van der Waals surface area contributed by atoms with Crippen molar-refractivity contribution in [3.8, 4) is 0 Å². The summed E-state index contributed by atoms with van der Waals surface area (Å²) < 4.78 is 0. The fourth-order valence-corrected chi connectivity index (χ4v) is 3.25. The molecule has 1 unspecified atom stereocenters. The molecule has 1 saturated heterocycles. The fraction of sp³-hybridized carbons (Fsp3) is 0.769. The van der Waals surface area contributed by atoms with E-state index >= 15 is 0 Å². The smallest absolute Gasteiger partial charge is 0.242 e. The largest absolute Gasteiger partial charge is 0.394 e. The lowest BCUT2D eigenvalue weighted by atomic mass is 9.66. The molecule has 2 aliphatic rings. The van der Waals surface area contributed by atoms with Gasteiger partial charge in [0.25, 0.3) is 0 Å². The van der Waals surface area contributed by atoms with Crippen molar-refractivity contribution in [1.29, 1.82) is 0 Å². The predicted molar refractivity (Wildman–Crippen MR) is 70.3 cm³/mol. The summed E-state index contributed by atoms with van der Waals surface area (Å²) in [7, 11) is 0. The van der Waals surface area contributed by atoms with Gasteiger partial charge in [-0.3, -0.25) is 14.4 Å². The Labute approximate surface area is 117 Å². The molecule has 1 atom stereocenters. The normalized spacial score (nSPS) is 30.8. The second-order valence-corrected chi connectivity index (χ2v) is 5.79. The Hall–Kier alpha value is -1.63. The van der Waals surface area contributed by atoms with Crippen LogP contribution in [0, 0.1) is 5.41 Å². The van der Waals surface area contributed by atoms with Crippen molar-refractivity contribution in [1.82, 2.24) is 10.2 Å². The highest BCUT2D eigenvalue weighted by molar-refractivity contribution is 5.94. The summed E-state index contributed by atoms with van der Waals surface area (Å²) in [6, 6.07) is -0.786. The van der Waals surface area contributed by atoms with Crippen LogP contribution in [0.4, 0.5) is 0 Å². The summed E-state index contributed by atoms with van der Waals surface area (Å²) in [4.78, 5) is 35.8. The Morgan fingerprint density at radius 2 is 2.10 bits per heavy atom. The van der Waals surface area contributed by atoms with Gasteiger partial charge in [-0.05, 0) is 25.7 Å². The predicted octanol–water partition coefficient (Wildman–Crippen LogP) is -1.26. The third kappa shape index (κ3) is 2.49. The summed E-state index contributed by atoms with van der Waals surface area (Å²) >= 11 is 0. The molecular weight excluding hydrogens is 262 g/mol. The molecule has 2 rings (SSSR count). The van der Waals surface area contributed by atoms with E-state index in [2.05, 4.69) is 5.32 Å². The summed E-state index contributed by atoms with van der Waals surface area (Å²) in [6.07, 6.45) is 2.92. The maximum absolute atomic E-state index is 12.3. The number of nitrogens with zero attached hydrogens (tertiary/aromatic N) is 1. The van der Waals surface area contributed by atoms with Crippen LogP contribution >= 0.6 is 0 Å². The molecule has 1 heterocycles. The van der Waals surface area contributed by atoms with Gasteiger partial charge in [-0.1, -0.05) is 0 Å². The van der Waals surface area contributed by atoms with Crippen LogP contribution in [0.3, 0.4) is 0 Å². The van der Waals surface area contributed by atoms with Gasteiger partial charge in [0.1, 0.15) is 6.04 Å². The molecule has 3 amide bonds. The van der Waals surface area contributed by atoms with E-state index in [-0.39, 0.29) is 17.9 Å². The third-order valence-electron chi connectivity index (χ3n) is 4.42. The number of primary amides is 1. The average molecular weight is 283 g/mol. The first kappa shape index (κ1) is 14.8. The van der Waals surface area contributed by atoms with Crippen molar-refractivity contribution in [2.45, 2.75) is 44.7 Å². The number of aliphatic hydroxyl groups excluding tert-OH is 1. The molecule has 7 heteroatoms. The number of rotatable bonds is 4. The minimum atomic E-state index is -0.916. The molecule has 112 valence electrons. The van der Waals surface area contributed by atoms with E-state index in [4.69, 9.17) is 10.8 Å². The topological polar surface area (TPSA) is 113 Å². The molecule has 0 aromatic heterocycles. The van der Waals surface area contributed by atoms with Gasteiger partial charge in [0.2, 0.25) is 17.7 Å². The molecule has 0 radical (unpaired) electrons. The monoisotopic (exact) mass is 283 g/mol. The van der Waals surface area contributed by atoms with E-state index in [0.717, 1.165) is 12.8 Å². The molecule has 1 saturated carbocycles. The van der Waals surface area contributed by atoms with E-state index in [1.807, 2.05) is 0 Å². The van der Waals surface area contributed by atoms with Gasteiger partial charge in [0, 0.05) is 19.5 Å². The molecule has 1 aliphatic heterocycles. The van der Waals surface area contributed by atoms with Crippen LogP contribution in [0.5, 0.6) is 0 Å². The number of aliphatic hydroxyl groups is 1. The van der Waals surface area contributed by atoms with Crippen molar-refractivity contribution < 1.29 is 19.5 Å². The zero-order chi connectivity index (χ0) is 14.9. The molecule has 0 aromatic rings. The second-order valence-electron chi connectivity index (χ2n) is 5.79. The van der Waals surface area contributed by atoms with Crippen molar-refractivity contribution in [3.63, 3.8) is 0 Å². The van der Waals surface area contributed by atoms with Crippen LogP contribution in [0.25, 0.3) is 0 Å². The first-order valence-corrected chi connectivity index (χ1v) is 6.88. The van der Waals surface area contributed by atoms with Gasteiger partial charge in [-0.15, -0.1) is 0 Å². The van der Waals surface area contributed by atoms with Crippen LogP contribution in [0.15, 0.2) is 0 Å². The number of carbonyl (C=O) groups is 3. The van der Waals surface area contributed by atoms with Gasteiger partial charge < -0.3 is 21.1 Å². The highest BCUT2D eigenvalue weighted by Gasteiger charge is 2.55. The number of hydrogen-bond acceptors (Lipinski definition) is 4. The second kappa shape index (κ2) is 5.40. The lowest BCUT2D eigenvalue weighted by Crippen LogP contribution is -2.68. The Morgan fingerprint density at radius 1 is 1.50 bits per heavy atom.